The van der Waals surface area contributed by atoms with Crippen LogP contribution in [0.5, 0.6) is 0 Å². The minimum atomic E-state index is -0.873. The van der Waals surface area contributed by atoms with E-state index in [1.54, 1.807) is 6.34 Å². The van der Waals surface area contributed by atoms with E-state index in [-0.39, 0.29) is 5.91 Å². The molecule has 0 saturated heterocycles. The topological polar surface area (TPSA) is 57.1 Å². The summed E-state index contributed by atoms with van der Waals surface area (Å²) in [6, 6.07) is 13.5. The Balaban J connectivity index is 1.36. The molecule has 7 heteroatoms. The molecular weight excluding hydrogens is 362 g/mol. The molecular formula is C21H18F2N4O. The molecule has 0 radical (unpaired) electrons. The molecule has 0 saturated carbocycles. The Bertz CT molecular complexity index is 999. The fraction of sp³-hybridized carbons (Fsp3) is 0.190. The van der Waals surface area contributed by atoms with Crippen molar-refractivity contribution < 1.29 is 13.6 Å². The van der Waals surface area contributed by atoms with Crippen molar-refractivity contribution in [3.05, 3.63) is 82.7 Å². The predicted molar refractivity (Wildman–Crippen MR) is 103 cm³/mol. The minimum absolute atomic E-state index is 0.208. The summed E-state index contributed by atoms with van der Waals surface area (Å²) >= 11 is 0. The highest BCUT2D eigenvalue weighted by Crippen LogP contribution is 2.25. The third kappa shape index (κ3) is 3.98. The van der Waals surface area contributed by atoms with Gasteiger partial charge in [0, 0.05) is 19.5 Å². The van der Waals surface area contributed by atoms with Crippen LogP contribution in [-0.4, -0.2) is 29.4 Å². The Labute approximate surface area is 161 Å². The highest BCUT2D eigenvalue weighted by Gasteiger charge is 2.26. The van der Waals surface area contributed by atoms with Crippen LogP contribution >= 0.6 is 0 Å². The first-order valence-electron chi connectivity index (χ1n) is 8.92. The molecule has 28 heavy (non-hydrogen) atoms. The zero-order valence-electron chi connectivity index (χ0n) is 15.0. The molecule has 0 atom stereocenters. The molecule has 4 rings (SSSR count). The number of carbonyl (C=O) groups excluding carboxylic acids is 1. The normalized spacial score (nSPS) is 15.5. The fourth-order valence-electron chi connectivity index (χ4n) is 3.14. The summed E-state index contributed by atoms with van der Waals surface area (Å²) in [6.45, 7) is 1.28. The summed E-state index contributed by atoms with van der Waals surface area (Å²) in [6.07, 6.45) is 2.05. The largest absolute Gasteiger partial charge is 0.352 e. The average Bonchev–Trinajstić information content (AvgIpc) is 3.13. The van der Waals surface area contributed by atoms with Gasteiger partial charge in [-0.3, -0.25) is 4.79 Å². The van der Waals surface area contributed by atoms with Crippen LogP contribution in [-0.2, 0) is 17.9 Å². The number of allylic oxidation sites excluding steroid dienone is 1. The van der Waals surface area contributed by atoms with Crippen molar-refractivity contribution in [1.82, 2.24) is 10.2 Å². The summed E-state index contributed by atoms with van der Waals surface area (Å²) in [5.41, 5.74) is 3.59. The molecule has 0 unspecified atom stereocenters. The number of nitrogens with zero attached hydrogens (tertiary/aromatic N) is 3. The van der Waals surface area contributed by atoms with Gasteiger partial charge >= 0.3 is 0 Å². The van der Waals surface area contributed by atoms with E-state index >= 15 is 0 Å². The molecule has 0 fully saturated rings. The fourth-order valence-corrected chi connectivity index (χ4v) is 3.14. The van der Waals surface area contributed by atoms with Gasteiger partial charge in [0.15, 0.2) is 11.6 Å². The van der Waals surface area contributed by atoms with Gasteiger partial charge in [0.25, 0.3) is 5.91 Å². The molecule has 2 aliphatic rings. The van der Waals surface area contributed by atoms with E-state index < -0.39 is 11.6 Å². The van der Waals surface area contributed by atoms with Gasteiger partial charge in [-0.05, 0) is 23.3 Å². The summed E-state index contributed by atoms with van der Waals surface area (Å²) in [5.74, 6) is -1.95. The SMILES string of the molecule is O=C(NCc1ccccc1)C1=NC2=C(C1)N=CN(Cc1ccc(F)c(F)c1)C2. The molecule has 5 nitrogen and oxygen atoms in total. The Morgan fingerprint density at radius 3 is 2.64 bits per heavy atom. The zero-order valence-corrected chi connectivity index (χ0v) is 15.0. The minimum Gasteiger partial charge on any atom is -0.352 e. The van der Waals surface area contributed by atoms with Gasteiger partial charge in [-0.15, -0.1) is 0 Å². The maximum absolute atomic E-state index is 13.4. The molecule has 2 aliphatic heterocycles. The molecule has 2 aromatic carbocycles. The first kappa shape index (κ1) is 18.0. The lowest BCUT2D eigenvalue weighted by Gasteiger charge is -2.22. The lowest BCUT2D eigenvalue weighted by Crippen LogP contribution is -2.29. The highest BCUT2D eigenvalue weighted by atomic mass is 19.2. The molecule has 2 heterocycles. The standard InChI is InChI=1S/C21H18F2N4O/c22-16-7-6-15(8-17(16)23)11-27-12-20-18(25-13-27)9-19(26-20)21(28)24-10-14-4-2-1-3-5-14/h1-8,13H,9-12H2,(H,24,28). The lowest BCUT2D eigenvalue weighted by atomic mass is 10.1. The summed E-state index contributed by atoms with van der Waals surface area (Å²) in [4.78, 5) is 23.1. The molecule has 2 aromatic rings. The van der Waals surface area contributed by atoms with Gasteiger partial charge in [0.1, 0.15) is 5.71 Å². The van der Waals surface area contributed by atoms with Crippen LogP contribution in [0.1, 0.15) is 17.5 Å². The van der Waals surface area contributed by atoms with E-state index in [2.05, 4.69) is 15.3 Å². The number of carbonyl (C=O) groups is 1. The number of amides is 1. The van der Waals surface area contributed by atoms with Gasteiger partial charge in [0.05, 0.1) is 24.3 Å². The van der Waals surface area contributed by atoms with Gasteiger partial charge in [0.2, 0.25) is 0 Å². The van der Waals surface area contributed by atoms with Crippen LogP contribution < -0.4 is 5.32 Å². The first-order valence-corrected chi connectivity index (χ1v) is 8.92. The van der Waals surface area contributed by atoms with E-state index in [9.17, 15) is 13.6 Å². The van der Waals surface area contributed by atoms with Gasteiger partial charge in [-0.25, -0.2) is 18.8 Å². The molecule has 0 spiro atoms. The van der Waals surface area contributed by atoms with Crippen LogP contribution in [0, 0.1) is 11.6 Å². The maximum atomic E-state index is 13.4. The van der Waals surface area contributed by atoms with Crippen molar-refractivity contribution in [1.29, 1.82) is 0 Å². The van der Waals surface area contributed by atoms with E-state index in [0.29, 0.717) is 37.3 Å². The number of hydrogen-bond donors (Lipinski definition) is 1. The Morgan fingerprint density at radius 1 is 1.04 bits per heavy atom. The Morgan fingerprint density at radius 2 is 1.86 bits per heavy atom. The molecule has 0 aliphatic carbocycles. The van der Waals surface area contributed by atoms with Crippen LogP contribution in [0.4, 0.5) is 8.78 Å². The zero-order chi connectivity index (χ0) is 19.5. The summed E-state index contributed by atoms with van der Waals surface area (Å²) in [7, 11) is 0. The summed E-state index contributed by atoms with van der Waals surface area (Å²) < 4.78 is 26.4. The van der Waals surface area contributed by atoms with Crippen LogP contribution in [0.25, 0.3) is 0 Å². The number of nitrogens with one attached hydrogen (secondary N) is 1. The van der Waals surface area contributed by atoms with E-state index in [0.717, 1.165) is 23.0 Å². The second-order valence-electron chi connectivity index (χ2n) is 6.69. The maximum Gasteiger partial charge on any atom is 0.266 e. The van der Waals surface area contributed by atoms with E-state index in [1.807, 2.05) is 35.2 Å². The second kappa shape index (κ2) is 7.72. The third-order valence-electron chi connectivity index (χ3n) is 4.60. The average molecular weight is 380 g/mol. The Hall–Kier alpha value is -3.35. The van der Waals surface area contributed by atoms with Gasteiger partial charge in [-0.1, -0.05) is 36.4 Å². The predicted octanol–water partition coefficient (Wildman–Crippen LogP) is 3.18. The quantitative estimate of drug-likeness (QED) is 0.866. The smallest absolute Gasteiger partial charge is 0.266 e. The Kier molecular flexibility index (Phi) is 4.97. The third-order valence-corrected chi connectivity index (χ3v) is 4.60. The van der Waals surface area contributed by atoms with Crippen molar-refractivity contribution in [2.24, 2.45) is 9.98 Å². The van der Waals surface area contributed by atoms with Crippen molar-refractivity contribution in [2.75, 3.05) is 6.54 Å². The van der Waals surface area contributed by atoms with Gasteiger partial charge in [-0.2, -0.15) is 0 Å². The molecule has 0 aromatic heterocycles. The number of rotatable bonds is 5. The lowest BCUT2D eigenvalue weighted by molar-refractivity contribution is -0.115. The van der Waals surface area contributed by atoms with Crippen molar-refractivity contribution in [3.8, 4) is 0 Å². The van der Waals surface area contributed by atoms with Crippen LogP contribution in [0.3, 0.4) is 0 Å². The van der Waals surface area contributed by atoms with Crippen molar-refractivity contribution in [2.45, 2.75) is 19.5 Å². The molecule has 0 bridgehead atoms. The molecule has 1 N–H and O–H groups in total. The van der Waals surface area contributed by atoms with Gasteiger partial charge < -0.3 is 10.2 Å². The number of halogens is 2. The van der Waals surface area contributed by atoms with Crippen molar-refractivity contribution >= 4 is 18.0 Å². The van der Waals surface area contributed by atoms with Crippen LogP contribution in [0.15, 0.2) is 69.9 Å². The monoisotopic (exact) mass is 380 g/mol. The molecule has 142 valence electrons. The van der Waals surface area contributed by atoms with E-state index in [4.69, 9.17) is 0 Å². The molecule has 1 amide bonds. The van der Waals surface area contributed by atoms with Crippen molar-refractivity contribution in [3.63, 3.8) is 0 Å². The second-order valence-corrected chi connectivity index (χ2v) is 6.69. The van der Waals surface area contributed by atoms with E-state index in [1.165, 1.54) is 12.1 Å². The summed E-state index contributed by atoms with van der Waals surface area (Å²) in [5, 5.41) is 2.87. The highest BCUT2D eigenvalue weighted by molar-refractivity contribution is 6.40. The van der Waals surface area contributed by atoms with Crippen LogP contribution in [0.2, 0.25) is 0 Å². The number of benzene rings is 2. The number of hydrogen-bond acceptors (Lipinski definition) is 4. The number of aliphatic imine (C=N–C) groups is 2. The first-order chi connectivity index (χ1) is 13.6.